The minimum atomic E-state index is -0.243. The molecule has 2 amide bonds. The van der Waals surface area contributed by atoms with Gasteiger partial charge in [-0.15, -0.1) is 0 Å². The molecular weight excluding hydrogens is 288 g/mol. The van der Waals surface area contributed by atoms with Crippen LogP contribution in [0, 0.1) is 5.92 Å². The number of likely N-dealkylation sites (tertiary alicyclic amines) is 1. The number of benzene rings is 1. The number of carbonyl (C=O) groups excluding carboxylic acids is 2. The van der Waals surface area contributed by atoms with Gasteiger partial charge in [-0.3, -0.25) is 9.59 Å². The highest BCUT2D eigenvalue weighted by molar-refractivity contribution is 5.97. The Balaban J connectivity index is 1.97. The van der Waals surface area contributed by atoms with E-state index >= 15 is 0 Å². The lowest BCUT2D eigenvalue weighted by Crippen LogP contribution is -2.36. The number of amides is 2. The van der Waals surface area contributed by atoms with E-state index in [-0.39, 0.29) is 23.8 Å². The van der Waals surface area contributed by atoms with E-state index in [0.29, 0.717) is 18.9 Å². The van der Waals surface area contributed by atoms with Crippen LogP contribution in [0.15, 0.2) is 24.3 Å². The Morgan fingerprint density at radius 3 is 2.35 bits per heavy atom. The van der Waals surface area contributed by atoms with Crippen molar-refractivity contribution in [3.63, 3.8) is 0 Å². The quantitative estimate of drug-likeness (QED) is 0.868. The Bertz CT molecular complexity index is 547. The number of hydrogen-bond donors (Lipinski definition) is 1. The molecular formula is C19H28N2O2. The summed E-state index contributed by atoms with van der Waals surface area (Å²) in [6, 6.07) is 8.20. The van der Waals surface area contributed by atoms with Crippen molar-refractivity contribution in [3.8, 4) is 0 Å². The summed E-state index contributed by atoms with van der Waals surface area (Å²) >= 11 is 0. The topological polar surface area (TPSA) is 49.4 Å². The summed E-state index contributed by atoms with van der Waals surface area (Å²) in [7, 11) is 0. The van der Waals surface area contributed by atoms with Crippen LogP contribution in [0.2, 0.25) is 0 Å². The molecule has 1 fully saturated rings. The van der Waals surface area contributed by atoms with E-state index < -0.39 is 0 Å². The van der Waals surface area contributed by atoms with E-state index in [1.165, 1.54) is 5.56 Å². The van der Waals surface area contributed by atoms with Crippen molar-refractivity contribution >= 4 is 17.5 Å². The molecule has 1 heterocycles. The third-order valence-corrected chi connectivity index (χ3v) is 4.76. The molecule has 1 saturated heterocycles. The molecule has 0 aliphatic carbocycles. The van der Waals surface area contributed by atoms with Crippen LogP contribution in [-0.4, -0.2) is 29.3 Å². The Labute approximate surface area is 139 Å². The second-order valence-electron chi connectivity index (χ2n) is 6.68. The molecule has 0 saturated carbocycles. The van der Waals surface area contributed by atoms with E-state index in [0.717, 1.165) is 18.5 Å². The molecule has 1 aromatic rings. The van der Waals surface area contributed by atoms with Crippen molar-refractivity contribution in [3.05, 3.63) is 29.8 Å². The summed E-state index contributed by atoms with van der Waals surface area (Å²) < 4.78 is 0. The number of hydrogen-bond acceptors (Lipinski definition) is 2. The highest BCUT2D eigenvalue weighted by Crippen LogP contribution is 2.24. The van der Waals surface area contributed by atoms with E-state index in [2.05, 4.69) is 33.0 Å². The zero-order chi connectivity index (χ0) is 17.0. The minimum Gasteiger partial charge on any atom is -0.339 e. The van der Waals surface area contributed by atoms with Crippen molar-refractivity contribution in [2.45, 2.75) is 58.9 Å². The Kier molecular flexibility index (Phi) is 5.80. The minimum absolute atomic E-state index is 0.0518. The fourth-order valence-electron chi connectivity index (χ4n) is 3.19. The first-order valence-corrected chi connectivity index (χ1v) is 8.66. The van der Waals surface area contributed by atoms with Crippen molar-refractivity contribution in [1.29, 1.82) is 0 Å². The number of nitrogens with one attached hydrogen (secondary N) is 1. The second-order valence-corrected chi connectivity index (χ2v) is 6.68. The molecule has 1 aliphatic rings. The first kappa shape index (κ1) is 17.5. The number of carbonyl (C=O) groups is 2. The zero-order valence-corrected chi connectivity index (χ0v) is 14.6. The van der Waals surface area contributed by atoms with Gasteiger partial charge in [0.15, 0.2) is 0 Å². The van der Waals surface area contributed by atoms with Gasteiger partial charge >= 0.3 is 0 Å². The van der Waals surface area contributed by atoms with E-state index in [1.807, 2.05) is 29.2 Å². The lowest BCUT2D eigenvalue weighted by atomic mass is 10.0. The van der Waals surface area contributed by atoms with Gasteiger partial charge in [0.25, 0.3) is 0 Å². The van der Waals surface area contributed by atoms with E-state index in [9.17, 15) is 9.59 Å². The molecule has 0 bridgehead atoms. The maximum Gasteiger partial charge on any atom is 0.229 e. The predicted octanol–water partition coefficient (Wildman–Crippen LogP) is 3.79. The van der Waals surface area contributed by atoms with Crippen LogP contribution < -0.4 is 5.32 Å². The molecule has 1 unspecified atom stereocenters. The van der Waals surface area contributed by atoms with Crippen LogP contribution in [0.25, 0.3) is 0 Å². The summed E-state index contributed by atoms with van der Waals surface area (Å²) in [6.07, 6.45) is 2.20. The molecule has 1 aliphatic heterocycles. The number of rotatable bonds is 6. The molecule has 1 atom stereocenters. The highest BCUT2D eigenvalue weighted by atomic mass is 16.2. The fraction of sp³-hybridized carbons (Fsp3) is 0.579. The van der Waals surface area contributed by atoms with Gasteiger partial charge < -0.3 is 10.2 Å². The molecule has 126 valence electrons. The van der Waals surface area contributed by atoms with Gasteiger partial charge in [0.05, 0.1) is 5.92 Å². The fourth-order valence-corrected chi connectivity index (χ4v) is 3.19. The lowest BCUT2D eigenvalue weighted by molar-refractivity contribution is -0.130. The maximum atomic E-state index is 12.4. The average molecular weight is 316 g/mol. The van der Waals surface area contributed by atoms with Crippen molar-refractivity contribution in [1.82, 2.24) is 4.90 Å². The largest absolute Gasteiger partial charge is 0.339 e. The van der Waals surface area contributed by atoms with Crippen LogP contribution in [0.4, 0.5) is 5.69 Å². The van der Waals surface area contributed by atoms with Crippen molar-refractivity contribution < 1.29 is 9.59 Å². The van der Waals surface area contributed by atoms with Crippen molar-refractivity contribution in [2.75, 3.05) is 11.9 Å². The Morgan fingerprint density at radius 2 is 1.83 bits per heavy atom. The summed E-state index contributed by atoms with van der Waals surface area (Å²) in [5, 5.41) is 2.95. The number of nitrogens with zero attached hydrogens (tertiary/aromatic N) is 1. The SMILES string of the molecule is CCC(CC)N1CC(C(=O)Nc2ccc(C(C)C)cc2)CC1=O. The van der Waals surface area contributed by atoms with Gasteiger partial charge in [-0.25, -0.2) is 0 Å². The van der Waals surface area contributed by atoms with Gasteiger partial charge in [-0.1, -0.05) is 39.8 Å². The van der Waals surface area contributed by atoms with Crippen molar-refractivity contribution in [2.24, 2.45) is 5.92 Å². The summed E-state index contributed by atoms with van der Waals surface area (Å²) in [5.74, 6) is 0.284. The second kappa shape index (κ2) is 7.62. The van der Waals surface area contributed by atoms with E-state index in [1.54, 1.807) is 0 Å². The predicted molar refractivity (Wildman–Crippen MR) is 93.4 cm³/mol. The summed E-state index contributed by atoms with van der Waals surface area (Å²) in [4.78, 5) is 26.5. The standard InChI is InChI=1S/C19H28N2O2/c1-5-17(6-2)21-12-15(11-18(21)22)19(23)20-16-9-7-14(8-10-16)13(3)4/h7-10,13,15,17H,5-6,11-12H2,1-4H3,(H,20,23). The molecule has 0 spiro atoms. The molecule has 0 aromatic heterocycles. The first-order valence-electron chi connectivity index (χ1n) is 8.66. The smallest absolute Gasteiger partial charge is 0.229 e. The molecule has 4 heteroatoms. The molecule has 0 radical (unpaired) electrons. The summed E-state index contributed by atoms with van der Waals surface area (Å²) in [5.41, 5.74) is 2.05. The van der Waals surface area contributed by atoms with Gasteiger partial charge in [0.1, 0.15) is 0 Å². The van der Waals surface area contributed by atoms with Crippen LogP contribution >= 0.6 is 0 Å². The normalized spacial score (nSPS) is 18.1. The van der Waals surface area contributed by atoms with Crippen LogP contribution in [0.1, 0.15) is 58.4 Å². The van der Waals surface area contributed by atoms with Gasteiger partial charge in [0.2, 0.25) is 11.8 Å². The Morgan fingerprint density at radius 1 is 1.22 bits per heavy atom. The molecule has 4 nitrogen and oxygen atoms in total. The third kappa shape index (κ3) is 4.12. The zero-order valence-electron chi connectivity index (χ0n) is 14.6. The van der Waals surface area contributed by atoms with Gasteiger partial charge in [-0.2, -0.15) is 0 Å². The molecule has 2 rings (SSSR count). The molecule has 1 aromatic carbocycles. The Hall–Kier alpha value is -1.84. The van der Waals surface area contributed by atoms with E-state index in [4.69, 9.17) is 0 Å². The lowest BCUT2D eigenvalue weighted by Gasteiger charge is -2.26. The van der Waals surface area contributed by atoms with Gasteiger partial charge in [-0.05, 0) is 36.5 Å². The summed E-state index contributed by atoms with van der Waals surface area (Å²) in [6.45, 7) is 9.01. The third-order valence-electron chi connectivity index (χ3n) is 4.76. The van der Waals surface area contributed by atoms with Crippen LogP contribution in [0.3, 0.4) is 0 Å². The van der Waals surface area contributed by atoms with Crippen LogP contribution in [-0.2, 0) is 9.59 Å². The monoisotopic (exact) mass is 316 g/mol. The number of anilines is 1. The van der Waals surface area contributed by atoms with Crippen LogP contribution in [0.5, 0.6) is 0 Å². The van der Waals surface area contributed by atoms with Gasteiger partial charge in [0, 0.05) is 24.7 Å². The average Bonchev–Trinajstić information content (AvgIpc) is 2.91. The highest BCUT2D eigenvalue weighted by Gasteiger charge is 2.36. The molecule has 23 heavy (non-hydrogen) atoms. The maximum absolute atomic E-state index is 12.4. The molecule has 1 N–H and O–H groups in total. The first-order chi connectivity index (χ1) is 11.0.